The summed E-state index contributed by atoms with van der Waals surface area (Å²) in [5.41, 5.74) is 3.35. The summed E-state index contributed by atoms with van der Waals surface area (Å²) in [6.45, 7) is 6.22. The molecule has 0 fully saturated rings. The Morgan fingerprint density at radius 3 is 2.57 bits per heavy atom. The lowest BCUT2D eigenvalue weighted by Gasteiger charge is -2.19. The first-order valence-electron chi connectivity index (χ1n) is 6.62. The van der Waals surface area contributed by atoms with Gasteiger partial charge in [-0.2, -0.15) is 0 Å². The number of nitrogen functional groups attached to an aromatic ring is 1. The fraction of sp³-hybridized carbons (Fsp3) is 0.333. The van der Waals surface area contributed by atoms with Gasteiger partial charge in [0.05, 0.1) is 11.4 Å². The molecule has 0 saturated heterocycles. The van der Waals surface area contributed by atoms with Gasteiger partial charge in [0.1, 0.15) is 17.5 Å². The Hall–Kier alpha value is -1.66. The van der Waals surface area contributed by atoms with E-state index in [1.165, 1.54) is 17.8 Å². The molecule has 3 N–H and O–H groups in total. The number of rotatable bonds is 4. The zero-order chi connectivity index (χ0) is 15.5. The third kappa shape index (κ3) is 4.15. The first-order chi connectivity index (χ1) is 9.90. The van der Waals surface area contributed by atoms with E-state index < -0.39 is 0 Å². The fourth-order valence-electron chi connectivity index (χ4n) is 1.72. The van der Waals surface area contributed by atoms with Crippen LogP contribution in [-0.4, -0.2) is 9.97 Å². The Bertz CT molecular complexity index is 625. The van der Waals surface area contributed by atoms with Crippen molar-refractivity contribution in [2.75, 3.05) is 5.43 Å². The summed E-state index contributed by atoms with van der Waals surface area (Å²) in [4.78, 5) is 9.45. The number of nitrogens with zero attached hydrogens (tertiary/aromatic N) is 2. The molecule has 2 rings (SSSR count). The summed E-state index contributed by atoms with van der Waals surface area (Å²) in [7, 11) is 0. The molecule has 0 aliphatic carbocycles. The molecule has 0 bridgehead atoms. The van der Waals surface area contributed by atoms with Gasteiger partial charge in [-0.25, -0.2) is 20.2 Å². The van der Waals surface area contributed by atoms with Crippen LogP contribution in [0, 0.1) is 5.82 Å². The maximum Gasteiger partial charge on any atom is 0.143 e. The van der Waals surface area contributed by atoms with E-state index in [1.807, 2.05) is 12.1 Å². The lowest BCUT2D eigenvalue weighted by Crippen LogP contribution is -2.18. The van der Waals surface area contributed by atoms with E-state index >= 15 is 0 Å². The number of benzene rings is 1. The van der Waals surface area contributed by atoms with Crippen LogP contribution < -0.4 is 11.3 Å². The molecule has 1 aromatic carbocycles. The van der Waals surface area contributed by atoms with Crippen molar-refractivity contribution >= 4 is 17.6 Å². The van der Waals surface area contributed by atoms with Crippen LogP contribution in [0.1, 0.15) is 32.3 Å². The largest absolute Gasteiger partial charge is 0.308 e. The SMILES string of the molecule is CC(C)(C)c1cc(NN)nc(CSc2ccccc2F)n1. The van der Waals surface area contributed by atoms with Gasteiger partial charge < -0.3 is 5.43 Å². The average molecular weight is 306 g/mol. The van der Waals surface area contributed by atoms with Crippen LogP contribution in [-0.2, 0) is 11.2 Å². The average Bonchev–Trinajstić information content (AvgIpc) is 2.45. The number of nitrogens with two attached hydrogens (primary N) is 1. The second-order valence-electron chi connectivity index (χ2n) is 5.67. The number of hydrazine groups is 1. The third-order valence-corrected chi connectivity index (χ3v) is 3.93. The predicted octanol–water partition coefficient (Wildman–Crippen LogP) is 3.49. The Morgan fingerprint density at radius 1 is 1.24 bits per heavy atom. The van der Waals surface area contributed by atoms with Gasteiger partial charge in [0, 0.05) is 16.4 Å². The number of aromatic nitrogens is 2. The molecule has 0 radical (unpaired) electrons. The topological polar surface area (TPSA) is 63.8 Å². The van der Waals surface area contributed by atoms with Crippen LogP contribution in [0.2, 0.25) is 0 Å². The molecule has 2 aromatic rings. The monoisotopic (exact) mass is 306 g/mol. The summed E-state index contributed by atoms with van der Waals surface area (Å²) >= 11 is 1.37. The van der Waals surface area contributed by atoms with Crippen molar-refractivity contribution in [3.8, 4) is 0 Å². The van der Waals surface area contributed by atoms with E-state index in [0.29, 0.717) is 22.3 Å². The highest BCUT2D eigenvalue weighted by molar-refractivity contribution is 7.98. The van der Waals surface area contributed by atoms with Gasteiger partial charge in [-0.15, -0.1) is 11.8 Å². The van der Waals surface area contributed by atoms with E-state index in [2.05, 4.69) is 36.2 Å². The Morgan fingerprint density at radius 2 is 1.95 bits per heavy atom. The van der Waals surface area contributed by atoms with Crippen molar-refractivity contribution in [1.29, 1.82) is 0 Å². The van der Waals surface area contributed by atoms with Crippen molar-refractivity contribution in [2.45, 2.75) is 36.8 Å². The standard InChI is InChI=1S/C15H19FN4S/c1-15(2,3)12-8-13(20-17)19-14(18-12)9-21-11-7-5-4-6-10(11)16/h4-8H,9,17H2,1-3H3,(H,18,19,20). The molecule has 0 amide bonds. The molecule has 0 aliphatic heterocycles. The predicted molar refractivity (Wildman–Crippen MR) is 84.5 cm³/mol. The Labute approximate surface area is 128 Å². The van der Waals surface area contributed by atoms with Crippen LogP contribution in [0.4, 0.5) is 10.2 Å². The minimum atomic E-state index is -0.230. The number of hydrogen-bond acceptors (Lipinski definition) is 5. The molecular formula is C15H19FN4S. The molecule has 0 saturated carbocycles. The van der Waals surface area contributed by atoms with Crippen molar-refractivity contribution in [1.82, 2.24) is 9.97 Å². The van der Waals surface area contributed by atoms with Crippen molar-refractivity contribution in [3.63, 3.8) is 0 Å². The number of thioether (sulfide) groups is 1. The Kier molecular flexibility index (Phi) is 4.80. The summed E-state index contributed by atoms with van der Waals surface area (Å²) in [6, 6.07) is 8.51. The smallest absolute Gasteiger partial charge is 0.143 e. The van der Waals surface area contributed by atoms with E-state index in [0.717, 1.165) is 5.69 Å². The molecular weight excluding hydrogens is 287 g/mol. The van der Waals surface area contributed by atoms with Gasteiger partial charge in [0.15, 0.2) is 0 Å². The lowest BCUT2D eigenvalue weighted by molar-refractivity contribution is 0.564. The highest BCUT2D eigenvalue weighted by atomic mass is 32.2. The normalized spacial score (nSPS) is 11.5. The highest BCUT2D eigenvalue weighted by Gasteiger charge is 2.18. The van der Waals surface area contributed by atoms with E-state index in [4.69, 9.17) is 5.84 Å². The molecule has 0 unspecified atom stereocenters. The van der Waals surface area contributed by atoms with Crippen LogP contribution in [0.5, 0.6) is 0 Å². The molecule has 4 nitrogen and oxygen atoms in total. The van der Waals surface area contributed by atoms with E-state index in [9.17, 15) is 4.39 Å². The van der Waals surface area contributed by atoms with Gasteiger partial charge in [0.25, 0.3) is 0 Å². The third-order valence-electron chi connectivity index (χ3n) is 2.88. The maximum absolute atomic E-state index is 13.6. The van der Waals surface area contributed by atoms with Gasteiger partial charge in [0.2, 0.25) is 0 Å². The van der Waals surface area contributed by atoms with Crippen LogP contribution in [0.3, 0.4) is 0 Å². The zero-order valence-electron chi connectivity index (χ0n) is 12.4. The Balaban J connectivity index is 2.22. The fourth-order valence-corrected chi connectivity index (χ4v) is 2.52. The zero-order valence-corrected chi connectivity index (χ0v) is 13.2. The van der Waals surface area contributed by atoms with Crippen molar-refractivity contribution in [3.05, 3.63) is 47.7 Å². The van der Waals surface area contributed by atoms with Crippen molar-refractivity contribution in [2.24, 2.45) is 5.84 Å². The number of nitrogens with one attached hydrogen (secondary N) is 1. The summed E-state index contributed by atoms with van der Waals surface area (Å²) in [5.74, 6) is 6.91. The quantitative estimate of drug-likeness (QED) is 0.514. The molecule has 0 atom stereocenters. The molecule has 112 valence electrons. The first kappa shape index (κ1) is 15.7. The molecule has 1 heterocycles. The lowest BCUT2D eigenvalue weighted by atomic mass is 9.92. The minimum Gasteiger partial charge on any atom is -0.308 e. The molecule has 0 aliphatic rings. The van der Waals surface area contributed by atoms with Crippen LogP contribution >= 0.6 is 11.8 Å². The summed E-state index contributed by atoms with van der Waals surface area (Å²) in [6.07, 6.45) is 0. The first-order valence-corrected chi connectivity index (χ1v) is 7.61. The van der Waals surface area contributed by atoms with Crippen LogP contribution in [0.25, 0.3) is 0 Å². The van der Waals surface area contributed by atoms with Gasteiger partial charge in [-0.3, -0.25) is 0 Å². The maximum atomic E-state index is 13.6. The molecule has 6 heteroatoms. The second kappa shape index (κ2) is 6.41. The minimum absolute atomic E-state index is 0.105. The molecule has 0 spiro atoms. The van der Waals surface area contributed by atoms with E-state index in [1.54, 1.807) is 12.1 Å². The van der Waals surface area contributed by atoms with Gasteiger partial charge >= 0.3 is 0 Å². The van der Waals surface area contributed by atoms with Crippen LogP contribution in [0.15, 0.2) is 35.2 Å². The van der Waals surface area contributed by atoms with Gasteiger partial charge in [-0.1, -0.05) is 32.9 Å². The highest BCUT2D eigenvalue weighted by Crippen LogP contribution is 2.26. The number of hydrogen-bond donors (Lipinski definition) is 2. The molecule has 21 heavy (non-hydrogen) atoms. The van der Waals surface area contributed by atoms with E-state index in [-0.39, 0.29) is 11.2 Å². The molecule has 1 aromatic heterocycles. The van der Waals surface area contributed by atoms with Crippen molar-refractivity contribution < 1.29 is 4.39 Å². The number of anilines is 1. The summed E-state index contributed by atoms with van der Waals surface area (Å²) < 4.78 is 13.6. The van der Waals surface area contributed by atoms with Gasteiger partial charge in [-0.05, 0) is 12.1 Å². The number of halogens is 1. The summed E-state index contributed by atoms with van der Waals surface area (Å²) in [5, 5.41) is 0. The second-order valence-corrected chi connectivity index (χ2v) is 6.69.